The summed E-state index contributed by atoms with van der Waals surface area (Å²) >= 11 is 1.63. The Hall–Kier alpha value is -0.710. The van der Waals surface area contributed by atoms with E-state index >= 15 is 0 Å². The summed E-state index contributed by atoms with van der Waals surface area (Å²) in [5, 5.41) is 0. The van der Waals surface area contributed by atoms with Crippen LogP contribution in [0.2, 0.25) is 0 Å². The van der Waals surface area contributed by atoms with Crippen molar-refractivity contribution in [1.29, 1.82) is 0 Å². The van der Waals surface area contributed by atoms with Gasteiger partial charge in [-0.1, -0.05) is 32.0 Å². The number of anilines is 1. The third kappa shape index (κ3) is 3.11. The van der Waals surface area contributed by atoms with Gasteiger partial charge in [-0.05, 0) is 55.6 Å². The Morgan fingerprint density at radius 3 is 2.36 bits per heavy atom. The van der Waals surface area contributed by atoms with Crippen LogP contribution in [0.25, 0.3) is 0 Å². The molecule has 0 spiro atoms. The van der Waals surface area contributed by atoms with Crippen molar-refractivity contribution in [3.8, 4) is 0 Å². The summed E-state index contributed by atoms with van der Waals surface area (Å²) in [6.07, 6.45) is 5.56. The predicted octanol–water partition coefficient (Wildman–Crippen LogP) is 4.91. The number of nitrogens with zero attached hydrogens (tertiary/aromatic N) is 2. The third-order valence-electron chi connectivity index (χ3n) is 7.52. The molecule has 1 saturated heterocycles. The van der Waals surface area contributed by atoms with Crippen molar-refractivity contribution in [1.82, 2.24) is 4.31 Å². The minimum Gasteiger partial charge on any atom is -0.369 e. The molecular weight excluding hydrogens is 328 g/mol. The van der Waals surface area contributed by atoms with Gasteiger partial charge in [0.1, 0.15) is 0 Å². The highest BCUT2D eigenvalue weighted by Crippen LogP contribution is 2.65. The molecule has 0 radical (unpaired) electrons. The molecule has 3 nitrogen and oxygen atoms in total. The van der Waals surface area contributed by atoms with Crippen LogP contribution in [0.4, 0.5) is 5.69 Å². The second-order valence-corrected chi connectivity index (χ2v) is 9.72. The first kappa shape index (κ1) is 17.7. The Morgan fingerprint density at radius 1 is 1.08 bits per heavy atom. The van der Waals surface area contributed by atoms with Gasteiger partial charge in [0.25, 0.3) is 0 Å². The van der Waals surface area contributed by atoms with E-state index in [1.54, 1.807) is 12.2 Å². The molecule has 2 saturated carbocycles. The third-order valence-corrected chi connectivity index (χ3v) is 8.32. The van der Waals surface area contributed by atoms with Crippen LogP contribution in [0, 0.1) is 23.7 Å². The average molecular weight is 361 g/mol. The molecule has 25 heavy (non-hydrogen) atoms. The summed E-state index contributed by atoms with van der Waals surface area (Å²) in [7, 11) is 0. The summed E-state index contributed by atoms with van der Waals surface area (Å²) < 4.78 is 8.60. The molecule has 1 aromatic carbocycles. The summed E-state index contributed by atoms with van der Waals surface area (Å²) in [6.45, 7) is 12.4. The minimum atomic E-state index is 0.438. The largest absolute Gasteiger partial charge is 0.369 e. The first-order valence-electron chi connectivity index (χ1n) is 9.87. The molecule has 1 aliphatic heterocycles. The van der Waals surface area contributed by atoms with E-state index in [0.717, 1.165) is 38.7 Å². The quantitative estimate of drug-likeness (QED) is 0.547. The lowest BCUT2D eigenvalue weighted by Crippen LogP contribution is -2.44. The van der Waals surface area contributed by atoms with Crippen LogP contribution in [-0.2, 0) is 4.18 Å². The van der Waals surface area contributed by atoms with E-state index in [1.807, 2.05) is 0 Å². The Bertz CT molecular complexity index is 602. The molecule has 138 valence electrons. The van der Waals surface area contributed by atoms with Gasteiger partial charge in [0.05, 0.1) is 18.8 Å². The molecule has 0 atom stereocenters. The normalized spacial score (nSPS) is 31.6. The minimum absolute atomic E-state index is 0.438. The van der Waals surface area contributed by atoms with Gasteiger partial charge in [-0.15, -0.1) is 0 Å². The Kier molecular flexibility index (Phi) is 4.80. The zero-order valence-electron chi connectivity index (χ0n) is 16.0. The van der Waals surface area contributed by atoms with Crippen molar-refractivity contribution in [2.45, 2.75) is 46.5 Å². The second kappa shape index (κ2) is 6.79. The molecule has 1 aromatic rings. The SMILES string of the molecule is Cc1ccccc1N1CCN(SOCC23CCC(CC2)C3(C)C)CC1. The van der Waals surface area contributed by atoms with Gasteiger partial charge in [-0.25, -0.2) is 4.31 Å². The van der Waals surface area contributed by atoms with E-state index in [1.165, 1.54) is 36.9 Å². The Labute approximate surface area is 157 Å². The van der Waals surface area contributed by atoms with E-state index in [-0.39, 0.29) is 0 Å². The number of benzene rings is 1. The zero-order chi connectivity index (χ0) is 17.5. The molecule has 0 amide bonds. The molecule has 3 fully saturated rings. The van der Waals surface area contributed by atoms with Crippen LogP contribution < -0.4 is 4.90 Å². The van der Waals surface area contributed by atoms with Crippen molar-refractivity contribution >= 4 is 17.9 Å². The van der Waals surface area contributed by atoms with Gasteiger partial charge in [0.2, 0.25) is 0 Å². The first-order chi connectivity index (χ1) is 12.0. The first-order valence-corrected chi connectivity index (χ1v) is 10.6. The van der Waals surface area contributed by atoms with Gasteiger partial charge in [0.15, 0.2) is 0 Å². The maximum Gasteiger partial charge on any atom is 0.0820 e. The van der Waals surface area contributed by atoms with E-state index in [4.69, 9.17) is 4.18 Å². The maximum absolute atomic E-state index is 6.20. The highest BCUT2D eigenvalue weighted by Gasteiger charge is 2.58. The van der Waals surface area contributed by atoms with E-state index in [0.29, 0.717) is 10.8 Å². The van der Waals surface area contributed by atoms with Crippen LogP contribution in [0.5, 0.6) is 0 Å². The van der Waals surface area contributed by atoms with Crippen LogP contribution >= 0.6 is 12.2 Å². The molecule has 0 unspecified atom stereocenters. The average Bonchev–Trinajstić information content (AvgIpc) is 3.01. The van der Waals surface area contributed by atoms with Crippen LogP contribution in [0.3, 0.4) is 0 Å². The van der Waals surface area contributed by atoms with Gasteiger partial charge in [0, 0.05) is 37.3 Å². The fourth-order valence-corrected chi connectivity index (χ4v) is 6.17. The van der Waals surface area contributed by atoms with Crippen molar-refractivity contribution in [3.05, 3.63) is 29.8 Å². The topological polar surface area (TPSA) is 15.7 Å². The van der Waals surface area contributed by atoms with Crippen molar-refractivity contribution in [3.63, 3.8) is 0 Å². The number of hydrogen-bond acceptors (Lipinski definition) is 4. The summed E-state index contributed by atoms with van der Waals surface area (Å²) in [4.78, 5) is 2.51. The van der Waals surface area contributed by atoms with Gasteiger partial charge in [-0.3, -0.25) is 0 Å². The molecule has 3 aliphatic rings. The lowest BCUT2D eigenvalue weighted by molar-refractivity contribution is 0.0668. The predicted molar refractivity (Wildman–Crippen MR) is 107 cm³/mol. The Morgan fingerprint density at radius 2 is 1.76 bits per heavy atom. The van der Waals surface area contributed by atoms with Crippen molar-refractivity contribution in [2.24, 2.45) is 16.7 Å². The number of aryl methyl sites for hydroxylation is 1. The van der Waals surface area contributed by atoms with E-state index in [2.05, 4.69) is 54.2 Å². The standard InChI is InChI=1S/C21H32N2OS/c1-17-6-4-5-7-19(17)22-12-14-23(15-13-22)25-24-16-21-10-8-18(9-11-21)20(21,2)3/h4-7,18H,8-16H2,1-3H3. The lowest BCUT2D eigenvalue weighted by Gasteiger charge is -2.39. The lowest BCUT2D eigenvalue weighted by atomic mass is 9.70. The van der Waals surface area contributed by atoms with Gasteiger partial charge < -0.3 is 9.08 Å². The highest BCUT2D eigenvalue weighted by molar-refractivity contribution is 7.92. The molecule has 4 heteroatoms. The van der Waals surface area contributed by atoms with Crippen LogP contribution in [-0.4, -0.2) is 37.1 Å². The highest BCUT2D eigenvalue weighted by atomic mass is 32.2. The second-order valence-electron chi connectivity index (χ2n) is 8.82. The van der Waals surface area contributed by atoms with Gasteiger partial charge in [-0.2, -0.15) is 0 Å². The Balaban J connectivity index is 1.25. The molecule has 2 aliphatic carbocycles. The smallest absolute Gasteiger partial charge is 0.0820 e. The number of rotatable bonds is 5. The van der Waals surface area contributed by atoms with Gasteiger partial charge >= 0.3 is 0 Å². The monoisotopic (exact) mass is 360 g/mol. The molecular formula is C21H32N2OS. The zero-order valence-corrected chi connectivity index (χ0v) is 16.8. The van der Waals surface area contributed by atoms with Crippen LogP contribution in [0.1, 0.15) is 45.1 Å². The molecule has 4 rings (SSSR count). The summed E-state index contributed by atoms with van der Waals surface area (Å²) in [5.41, 5.74) is 3.67. The molecule has 0 N–H and O–H groups in total. The number of piperazine rings is 1. The van der Waals surface area contributed by atoms with E-state index < -0.39 is 0 Å². The summed E-state index contributed by atoms with van der Waals surface area (Å²) in [6, 6.07) is 8.71. The number of hydrogen-bond donors (Lipinski definition) is 0. The fourth-order valence-electron chi connectivity index (χ4n) is 5.44. The van der Waals surface area contributed by atoms with Crippen molar-refractivity contribution < 1.29 is 4.18 Å². The molecule has 1 heterocycles. The van der Waals surface area contributed by atoms with E-state index in [9.17, 15) is 0 Å². The summed E-state index contributed by atoms with van der Waals surface area (Å²) in [5.74, 6) is 0.929. The number of para-hydroxylation sites is 1. The maximum atomic E-state index is 6.20. The fraction of sp³-hybridized carbons (Fsp3) is 0.714. The van der Waals surface area contributed by atoms with Crippen molar-refractivity contribution in [2.75, 3.05) is 37.7 Å². The van der Waals surface area contributed by atoms with Crippen LogP contribution in [0.15, 0.2) is 24.3 Å². The molecule has 0 aromatic heterocycles. The number of fused-ring (bicyclic) bond motifs is 2. The molecule has 2 bridgehead atoms.